The highest BCUT2D eigenvalue weighted by Crippen LogP contribution is 2.33. The zero-order valence-electron chi connectivity index (χ0n) is 22.3. The molecule has 5 aromatic rings. The first-order chi connectivity index (χ1) is 19.6. The molecule has 12 heteroatoms. The lowest BCUT2D eigenvalue weighted by atomic mass is 10.1. The molecule has 41 heavy (non-hydrogen) atoms. The Morgan fingerprint density at radius 3 is 2.73 bits per heavy atom. The number of halogens is 2. The van der Waals surface area contributed by atoms with Crippen LogP contribution in [0.5, 0.6) is 5.75 Å². The van der Waals surface area contributed by atoms with Crippen LogP contribution < -0.4 is 15.4 Å². The summed E-state index contributed by atoms with van der Waals surface area (Å²) in [4.78, 5) is 13.6. The van der Waals surface area contributed by atoms with Crippen LogP contribution in [0.25, 0.3) is 22.2 Å². The van der Waals surface area contributed by atoms with Crippen molar-refractivity contribution in [3.63, 3.8) is 0 Å². The molecule has 212 valence electrons. The number of nitrogens with zero attached hydrogens (tertiary/aromatic N) is 3. The second-order valence-electron chi connectivity index (χ2n) is 9.52. The van der Waals surface area contributed by atoms with E-state index in [1.54, 1.807) is 24.3 Å². The van der Waals surface area contributed by atoms with Crippen molar-refractivity contribution in [1.82, 2.24) is 20.3 Å². The zero-order chi connectivity index (χ0) is 29.0. The quantitative estimate of drug-likeness (QED) is 0.173. The van der Waals surface area contributed by atoms with Crippen molar-refractivity contribution < 1.29 is 17.5 Å². The number of anilines is 2. The predicted molar refractivity (Wildman–Crippen MR) is 162 cm³/mol. The fraction of sp³-hybridized carbons (Fsp3) is 0.207. The summed E-state index contributed by atoms with van der Waals surface area (Å²) in [7, 11) is -3.03. The maximum atomic E-state index is 13.4. The van der Waals surface area contributed by atoms with Gasteiger partial charge in [0.05, 0.1) is 28.0 Å². The van der Waals surface area contributed by atoms with Crippen LogP contribution in [0, 0.1) is 5.82 Å². The molecule has 5 rings (SSSR count). The molecule has 0 aliphatic heterocycles. The highest BCUT2D eigenvalue weighted by Gasteiger charge is 2.14. The number of benzene rings is 3. The van der Waals surface area contributed by atoms with E-state index in [-0.39, 0.29) is 24.2 Å². The fourth-order valence-corrected chi connectivity index (χ4v) is 5.69. The highest BCUT2D eigenvalue weighted by molar-refractivity contribution is 7.90. The predicted octanol–water partition coefficient (Wildman–Crippen LogP) is 6.56. The second kappa shape index (κ2) is 12.5. The normalized spacial score (nSPS) is 12.4. The van der Waals surface area contributed by atoms with Crippen molar-refractivity contribution in [2.45, 2.75) is 19.6 Å². The van der Waals surface area contributed by atoms with E-state index in [0.29, 0.717) is 34.4 Å². The van der Waals surface area contributed by atoms with Crippen molar-refractivity contribution in [3.8, 4) is 17.0 Å². The van der Waals surface area contributed by atoms with Gasteiger partial charge in [-0.3, -0.25) is 0 Å². The van der Waals surface area contributed by atoms with Crippen LogP contribution in [0.3, 0.4) is 0 Å². The molecular weight excluding hydrogens is 585 g/mol. The van der Waals surface area contributed by atoms with Crippen molar-refractivity contribution in [1.29, 1.82) is 0 Å². The van der Waals surface area contributed by atoms with Gasteiger partial charge >= 0.3 is 0 Å². The molecule has 0 saturated carbocycles. The van der Waals surface area contributed by atoms with Crippen LogP contribution in [0.4, 0.5) is 15.9 Å². The maximum Gasteiger partial charge on any atom is 0.148 e. The molecule has 0 aliphatic carbocycles. The molecule has 0 spiro atoms. The van der Waals surface area contributed by atoms with E-state index in [0.717, 1.165) is 27.2 Å². The Hall–Kier alpha value is -3.64. The summed E-state index contributed by atoms with van der Waals surface area (Å²) in [6, 6.07) is 17.3. The molecule has 0 aliphatic rings. The molecule has 0 radical (unpaired) electrons. The molecular formula is C29H27ClFN5O3S2. The standard InChI is InChI=1S/C29H27ClFN5O3S2/c1-18(32-10-11-41(2,37)38)29-36-26(16-40-29)20-6-8-25-23(13-20)28(34-17-33-25)35-22-7-9-27(24(30)14-22)39-15-19-4-3-5-21(31)12-19/h3-9,12-14,16-18,32H,10-11,15H2,1-2H3,(H,33,34,35). The molecule has 1 unspecified atom stereocenters. The van der Waals surface area contributed by atoms with Gasteiger partial charge in [0.15, 0.2) is 0 Å². The van der Waals surface area contributed by atoms with Crippen LogP contribution in [-0.2, 0) is 16.4 Å². The molecule has 0 saturated heterocycles. The Balaban J connectivity index is 1.31. The Labute approximate surface area is 246 Å². The lowest BCUT2D eigenvalue weighted by molar-refractivity contribution is 0.306. The van der Waals surface area contributed by atoms with Gasteiger partial charge in [-0.2, -0.15) is 0 Å². The minimum absolute atomic E-state index is 0.0753. The lowest BCUT2D eigenvalue weighted by Gasteiger charge is -2.12. The average molecular weight is 612 g/mol. The van der Waals surface area contributed by atoms with Gasteiger partial charge in [-0.15, -0.1) is 11.3 Å². The molecule has 1 atom stereocenters. The smallest absolute Gasteiger partial charge is 0.148 e. The summed E-state index contributed by atoms with van der Waals surface area (Å²) >= 11 is 8.00. The van der Waals surface area contributed by atoms with E-state index < -0.39 is 9.84 Å². The Bertz CT molecular complexity index is 1800. The van der Waals surface area contributed by atoms with Gasteiger partial charge in [0.2, 0.25) is 0 Å². The van der Waals surface area contributed by atoms with Crippen LogP contribution in [0.1, 0.15) is 23.5 Å². The SMILES string of the molecule is CC(NCCS(C)(=O)=O)c1nc(-c2ccc3ncnc(Nc4ccc(OCc5cccc(F)c5)c(Cl)c4)c3c2)cs1. The molecule has 0 fully saturated rings. The molecule has 3 aromatic carbocycles. The summed E-state index contributed by atoms with van der Waals surface area (Å²) in [6.45, 7) is 2.52. The number of hydrogen-bond acceptors (Lipinski definition) is 9. The van der Waals surface area contributed by atoms with E-state index in [2.05, 4.69) is 20.6 Å². The number of nitrogens with one attached hydrogen (secondary N) is 2. The van der Waals surface area contributed by atoms with E-state index in [1.807, 2.05) is 36.6 Å². The second-order valence-corrected chi connectivity index (χ2v) is 13.1. The summed E-state index contributed by atoms with van der Waals surface area (Å²) in [5, 5.41) is 10.6. The monoisotopic (exact) mass is 611 g/mol. The van der Waals surface area contributed by atoms with Crippen LogP contribution in [-0.4, -0.2) is 41.9 Å². The number of aromatic nitrogens is 3. The minimum Gasteiger partial charge on any atom is -0.487 e. The summed E-state index contributed by atoms with van der Waals surface area (Å²) in [6.07, 6.45) is 2.72. The lowest BCUT2D eigenvalue weighted by Crippen LogP contribution is -2.25. The molecule has 2 aromatic heterocycles. The van der Waals surface area contributed by atoms with Crippen molar-refractivity contribution in [3.05, 3.63) is 93.8 Å². The Morgan fingerprint density at radius 2 is 1.95 bits per heavy atom. The third kappa shape index (κ3) is 7.56. The van der Waals surface area contributed by atoms with Crippen LogP contribution >= 0.6 is 22.9 Å². The summed E-state index contributed by atoms with van der Waals surface area (Å²) < 4.78 is 42.1. The van der Waals surface area contributed by atoms with Gasteiger partial charge in [0.25, 0.3) is 0 Å². The maximum absolute atomic E-state index is 13.4. The van der Waals surface area contributed by atoms with Gasteiger partial charge < -0.3 is 15.4 Å². The summed E-state index contributed by atoms with van der Waals surface area (Å²) in [5.41, 5.74) is 3.89. The first-order valence-corrected chi connectivity index (χ1v) is 16.0. The zero-order valence-corrected chi connectivity index (χ0v) is 24.7. The van der Waals surface area contributed by atoms with Gasteiger partial charge in [-0.25, -0.2) is 27.8 Å². The minimum atomic E-state index is -3.03. The van der Waals surface area contributed by atoms with Gasteiger partial charge in [0, 0.05) is 34.8 Å². The van der Waals surface area contributed by atoms with Gasteiger partial charge in [-0.1, -0.05) is 29.8 Å². The van der Waals surface area contributed by atoms with E-state index >= 15 is 0 Å². The number of fused-ring (bicyclic) bond motifs is 1. The van der Waals surface area contributed by atoms with Crippen molar-refractivity contribution in [2.75, 3.05) is 23.9 Å². The molecule has 8 nitrogen and oxygen atoms in total. The largest absolute Gasteiger partial charge is 0.487 e. The Morgan fingerprint density at radius 1 is 1.10 bits per heavy atom. The Kier molecular flexibility index (Phi) is 8.79. The van der Waals surface area contributed by atoms with Gasteiger partial charge in [-0.05, 0) is 55.0 Å². The van der Waals surface area contributed by atoms with Crippen LogP contribution in [0.2, 0.25) is 5.02 Å². The molecule has 0 amide bonds. The third-order valence-corrected chi connectivity index (χ3v) is 8.49. The molecule has 2 N–H and O–H groups in total. The van der Waals surface area contributed by atoms with E-state index in [9.17, 15) is 12.8 Å². The van der Waals surface area contributed by atoms with E-state index in [4.69, 9.17) is 21.3 Å². The van der Waals surface area contributed by atoms with E-state index in [1.165, 1.54) is 36.1 Å². The van der Waals surface area contributed by atoms with Crippen LogP contribution in [0.15, 0.2) is 72.4 Å². The first-order valence-electron chi connectivity index (χ1n) is 12.7. The third-order valence-electron chi connectivity index (χ3n) is 6.22. The molecule has 2 heterocycles. The average Bonchev–Trinajstić information content (AvgIpc) is 3.43. The number of rotatable bonds is 11. The highest BCUT2D eigenvalue weighted by atomic mass is 35.5. The topological polar surface area (TPSA) is 106 Å². The van der Waals surface area contributed by atoms with Crippen molar-refractivity contribution >= 4 is 55.2 Å². The first kappa shape index (κ1) is 28.9. The number of sulfone groups is 1. The van der Waals surface area contributed by atoms with Crippen molar-refractivity contribution in [2.24, 2.45) is 0 Å². The number of hydrogen-bond donors (Lipinski definition) is 2. The fourth-order valence-electron chi connectivity index (χ4n) is 4.10. The van der Waals surface area contributed by atoms with Gasteiger partial charge in [0.1, 0.15) is 45.2 Å². The number of thiazole rings is 1. The number of ether oxygens (including phenoxy) is 1. The summed E-state index contributed by atoms with van der Waals surface area (Å²) in [5.74, 6) is 0.843. The molecule has 0 bridgehead atoms.